The van der Waals surface area contributed by atoms with Gasteiger partial charge >= 0.3 is 12.1 Å². The molecule has 0 aliphatic carbocycles. The van der Waals surface area contributed by atoms with Crippen molar-refractivity contribution in [2.75, 3.05) is 19.6 Å². The van der Waals surface area contributed by atoms with E-state index in [1.807, 2.05) is 0 Å². The Kier molecular flexibility index (Phi) is 4.47. The number of aliphatic carboxylic acids is 1. The lowest BCUT2D eigenvalue weighted by atomic mass is 9.86. The third-order valence-electron chi connectivity index (χ3n) is 3.06. The number of alkyl halides is 3. The molecule has 1 atom stereocenters. The first kappa shape index (κ1) is 16.2. The van der Waals surface area contributed by atoms with Crippen molar-refractivity contribution >= 4 is 16.2 Å². The number of carboxylic acids is 1. The molecule has 0 bridgehead atoms. The molecule has 1 aliphatic heterocycles. The molecular weight excluding hydrogens is 289 g/mol. The van der Waals surface area contributed by atoms with Gasteiger partial charge in [0.15, 0.2) is 5.41 Å². The molecule has 0 spiro atoms. The van der Waals surface area contributed by atoms with Gasteiger partial charge in [-0.25, -0.2) is 4.72 Å². The molecule has 10 heteroatoms. The Labute approximate surface area is 108 Å². The molecule has 19 heavy (non-hydrogen) atoms. The van der Waals surface area contributed by atoms with E-state index in [2.05, 4.69) is 4.72 Å². The number of nitrogens with one attached hydrogen (secondary N) is 1. The van der Waals surface area contributed by atoms with Crippen LogP contribution < -0.4 is 4.72 Å². The molecule has 0 aromatic rings. The van der Waals surface area contributed by atoms with Gasteiger partial charge in [0.05, 0.1) is 0 Å². The van der Waals surface area contributed by atoms with Crippen LogP contribution in [0.3, 0.4) is 0 Å². The van der Waals surface area contributed by atoms with E-state index in [1.54, 1.807) is 6.92 Å². The average Bonchev–Trinajstić information content (AvgIpc) is 2.72. The third kappa shape index (κ3) is 3.00. The van der Waals surface area contributed by atoms with Crippen molar-refractivity contribution in [1.82, 2.24) is 9.03 Å². The number of nitrogens with zero attached hydrogens (tertiary/aromatic N) is 1. The highest BCUT2D eigenvalue weighted by Gasteiger charge is 2.64. The molecule has 1 saturated heterocycles. The molecule has 0 saturated carbocycles. The first-order chi connectivity index (χ1) is 8.57. The van der Waals surface area contributed by atoms with Crippen molar-refractivity contribution in [3.8, 4) is 0 Å². The molecule has 1 rings (SSSR count). The van der Waals surface area contributed by atoms with Gasteiger partial charge in [-0.3, -0.25) is 4.79 Å². The van der Waals surface area contributed by atoms with Crippen LogP contribution in [0, 0.1) is 5.41 Å². The van der Waals surface area contributed by atoms with Gasteiger partial charge in [0.25, 0.3) is 10.2 Å². The van der Waals surface area contributed by atoms with Gasteiger partial charge in [0.2, 0.25) is 0 Å². The van der Waals surface area contributed by atoms with Crippen LogP contribution in [-0.2, 0) is 15.0 Å². The van der Waals surface area contributed by atoms with Crippen LogP contribution in [0.5, 0.6) is 0 Å². The fraction of sp³-hybridized carbons (Fsp3) is 0.889. The Morgan fingerprint density at radius 2 is 2.05 bits per heavy atom. The van der Waals surface area contributed by atoms with Crippen LogP contribution in [0.1, 0.15) is 19.8 Å². The van der Waals surface area contributed by atoms with Gasteiger partial charge in [0.1, 0.15) is 0 Å². The second-order valence-corrected chi connectivity index (χ2v) is 6.12. The number of carboxylic acid groups (broad SMARTS) is 1. The molecule has 1 heterocycles. The first-order valence-electron chi connectivity index (χ1n) is 5.61. The number of hydrogen-bond acceptors (Lipinski definition) is 3. The van der Waals surface area contributed by atoms with Gasteiger partial charge in [-0.05, 0) is 12.8 Å². The Bertz CT molecular complexity index is 451. The number of hydrogen-bond donors (Lipinski definition) is 2. The molecule has 0 aromatic carbocycles. The Morgan fingerprint density at radius 1 is 1.47 bits per heavy atom. The average molecular weight is 304 g/mol. The Balaban J connectivity index is 2.95. The van der Waals surface area contributed by atoms with E-state index < -0.39 is 47.3 Å². The van der Waals surface area contributed by atoms with Crippen LogP contribution in [0.15, 0.2) is 0 Å². The van der Waals surface area contributed by atoms with Crippen molar-refractivity contribution in [1.29, 1.82) is 0 Å². The second-order valence-electron chi connectivity index (χ2n) is 4.37. The van der Waals surface area contributed by atoms with Crippen LogP contribution in [0.25, 0.3) is 0 Å². The third-order valence-corrected chi connectivity index (χ3v) is 4.62. The fourth-order valence-electron chi connectivity index (χ4n) is 1.83. The molecular formula is C9H15F3N2O4S. The van der Waals surface area contributed by atoms with Gasteiger partial charge in [0, 0.05) is 19.6 Å². The normalized spacial score (nSPS) is 25.7. The zero-order chi connectivity index (χ0) is 14.9. The van der Waals surface area contributed by atoms with Crippen molar-refractivity contribution in [3.63, 3.8) is 0 Å². The van der Waals surface area contributed by atoms with Crippen LogP contribution >= 0.6 is 0 Å². The van der Waals surface area contributed by atoms with E-state index in [-0.39, 0.29) is 6.54 Å². The predicted molar refractivity (Wildman–Crippen MR) is 59.5 cm³/mol. The predicted octanol–water partition coefficient (Wildman–Crippen LogP) is 0.570. The molecule has 112 valence electrons. The summed E-state index contributed by atoms with van der Waals surface area (Å²) in [6.45, 7) is 0.227. The maximum atomic E-state index is 12.9. The number of carbonyl (C=O) groups is 1. The fourth-order valence-corrected chi connectivity index (χ4v) is 3.20. The van der Waals surface area contributed by atoms with Crippen molar-refractivity contribution < 1.29 is 31.5 Å². The van der Waals surface area contributed by atoms with Crippen molar-refractivity contribution in [2.24, 2.45) is 5.41 Å². The standard InChI is InChI=1S/C9H15F3N2O4S/c1-2-4-13-19(17,18)14-5-3-8(6-14,7(15)16)9(10,11)12/h13H,2-6H2,1H3,(H,15,16). The van der Waals surface area contributed by atoms with Crippen LogP contribution in [0.2, 0.25) is 0 Å². The van der Waals surface area contributed by atoms with E-state index in [1.165, 1.54) is 0 Å². The quantitative estimate of drug-likeness (QED) is 0.777. The lowest BCUT2D eigenvalue weighted by Gasteiger charge is -2.27. The molecule has 2 N–H and O–H groups in total. The largest absolute Gasteiger partial charge is 0.481 e. The summed E-state index contributed by atoms with van der Waals surface area (Å²) in [5.41, 5.74) is -3.02. The van der Waals surface area contributed by atoms with Gasteiger partial charge < -0.3 is 5.11 Å². The highest BCUT2D eigenvalue weighted by Crippen LogP contribution is 2.46. The molecule has 0 aromatic heterocycles. The highest BCUT2D eigenvalue weighted by molar-refractivity contribution is 7.87. The van der Waals surface area contributed by atoms with Crippen molar-refractivity contribution in [2.45, 2.75) is 25.9 Å². The Morgan fingerprint density at radius 3 is 2.42 bits per heavy atom. The van der Waals surface area contributed by atoms with E-state index in [4.69, 9.17) is 5.11 Å². The zero-order valence-electron chi connectivity index (χ0n) is 10.2. The number of rotatable bonds is 5. The SMILES string of the molecule is CCCNS(=O)(=O)N1CCC(C(=O)O)(C(F)(F)F)C1. The smallest absolute Gasteiger partial charge is 0.406 e. The molecule has 1 unspecified atom stereocenters. The minimum Gasteiger partial charge on any atom is -0.481 e. The summed E-state index contributed by atoms with van der Waals surface area (Å²) < 4.78 is 64.6. The second kappa shape index (κ2) is 5.25. The van der Waals surface area contributed by atoms with E-state index in [0.29, 0.717) is 10.7 Å². The summed E-state index contributed by atoms with van der Waals surface area (Å²) in [4.78, 5) is 10.9. The first-order valence-corrected chi connectivity index (χ1v) is 7.05. The summed E-state index contributed by atoms with van der Waals surface area (Å²) in [7, 11) is -4.07. The minimum atomic E-state index is -4.99. The van der Waals surface area contributed by atoms with Gasteiger partial charge in [-0.2, -0.15) is 25.9 Å². The highest BCUT2D eigenvalue weighted by atomic mass is 32.2. The van der Waals surface area contributed by atoms with Crippen LogP contribution in [-0.4, -0.2) is 49.6 Å². The molecule has 6 nitrogen and oxygen atoms in total. The lowest BCUT2D eigenvalue weighted by Crippen LogP contribution is -2.49. The van der Waals surface area contributed by atoms with Crippen LogP contribution in [0.4, 0.5) is 13.2 Å². The molecule has 1 aliphatic rings. The van der Waals surface area contributed by atoms with Gasteiger partial charge in [-0.1, -0.05) is 6.92 Å². The number of halogens is 3. The van der Waals surface area contributed by atoms with Crippen molar-refractivity contribution in [3.05, 3.63) is 0 Å². The van der Waals surface area contributed by atoms with E-state index in [0.717, 1.165) is 0 Å². The van der Waals surface area contributed by atoms with E-state index >= 15 is 0 Å². The minimum absolute atomic E-state index is 0.0882. The van der Waals surface area contributed by atoms with Gasteiger partial charge in [-0.15, -0.1) is 0 Å². The maximum absolute atomic E-state index is 12.9. The summed E-state index contributed by atoms with van der Waals surface area (Å²) in [5.74, 6) is -2.05. The maximum Gasteiger partial charge on any atom is 0.406 e. The Hall–Kier alpha value is -0.870. The summed E-state index contributed by atoms with van der Waals surface area (Å²) in [6, 6.07) is 0. The summed E-state index contributed by atoms with van der Waals surface area (Å²) >= 11 is 0. The zero-order valence-corrected chi connectivity index (χ0v) is 11.0. The summed E-state index contributed by atoms with van der Waals surface area (Å²) in [6.07, 6.45) is -5.29. The topological polar surface area (TPSA) is 86.7 Å². The molecule has 0 radical (unpaired) electrons. The lowest BCUT2D eigenvalue weighted by molar-refractivity contribution is -0.226. The molecule has 1 fully saturated rings. The molecule has 0 amide bonds. The van der Waals surface area contributed by atoms with E-state index in [9.17, 15) is 26.4 Å². The summed E-state index contributed by atoms with van der Waals surface area (Å²) in [5, 5.41) is 8.80. The monoisotopic (exact) mass is 304 g/mol.